The molecule has 1 saturated heterocycles. The fourth-order valence-electron chi connectivity index (χ4n) is 3.30. The van der Waals surface area contributed by atoms with Gasteiger partial charge in [0.15, 0.2) is 0 Å². The molecular formula is C16H33N. The van der Waals surface area contributed by atoms with Crippen molar-refractivity contribution in [1.29, 1.82) is 0 Å². The highest BCUT2D eigenvalue weighted by molar-refractivity contribution is 4.82. The maximum absolute atomic E-state index is 2.69. The van der Waals surface area contributed by atoms with Crippen molar-refractivity contribution in [1.82, 2.24) is 4.90 Å². The zero-order chi connectivity index (χ0) is 13.1. The standard InChI is InChI=1S/C16H33N/c1-7-15(3,4)12-16(5,6)13-17-10-8-14(2)9-11-17/h14H,7-13H2,1-6H3. The molecule has 0 bridgehead atoms. The van der Waals surface area contributed by atoms with Crippen LogP contribution in [-0.4, -0.2) is 24.5 Å². The Morgan fingerprint density at radius 2 is 1.53 bits per heavy atom. The summed E-state index contributed by atoms with van der Waals surface area (Å²) in [6.07, 6.45) is 5.41. The molecule has 17 heavy (non-hydrogen) atoms. The predicted octanol–water partition coefficient (Wildman–Crippen LogP) is 4.57. The molecule has 0 unspecified atom stereocenters. The van der Waals surface area contributed by atoms with Crippen LogP contribution in [0.2, 0.25) is 0 Å². The molecule has 1 heterocycles. The second-order valence-electron chi connectivity index (χ2n) is 7.82. The SMILES string of the molecule is CCC(C)(C)CC(C)(C)CN1CCC(C)CC1. The molecule has 0 aromatic heterocycles. The monoisotopic (exact) mass is 239 g/mol. The van der Waals surface area contributed by atoms with Crippen LogP contribution >= 0.6 is 0 Å². The third kappa shape index (κ3) is 5.42. The van der Waals surface area contributed by atoms with Crippen LogP contribution in [0, 0.1) is 16.7 Å². The van der Waals surface area contributed by atoms with Crippen molar-refractivity contribution in [2.75, 3.05) is 19.6 Å². The molecule has 0 radical (unpaired) electrons. The molecule has 0 aromatic rings. The van der Waals surface area contributed by atoms with Gasteiger partial charge in [-0.2, -0.15) is 0 Å². The van der Waals surface area contributed by atoms with Gasteiger partial charge in [0.05, 0.1) is 0 Å². The van der Waals surface area contributed by atoms with E-state index in [2.05, 4.69) is 46.4 Å². The fraction of sp³-hybridized carbons (Fsp3) is 1.00. The van der Waals surface area contributed by atoms with Crippen LogP contribution in [-0.2, 0) is 0 Å². The average molecular weight is 239 g/mol. The highest BCUT2D eigenvalue weighted by atomic mass is 15.1. The summed E-state index contributed by atoms with van der Waals surface area (Å²) in [5, 5.41) is 0. The first-order valence-electron chi connectivity index (χ1n) is 7.46. The lowest BCUT2D eigenvalue weighted by Crippen LogP contribution is -2.41. The van der Waals surface area contributed by atoms with Gasteiger partial charge in [0.2, 0.25) is 0 Å². The van der Waals surface area contributed by atoms with Crippen molar-refractivity contribution in [2.24, 2.45) is 16.7 Å². The topological polar surface area (TPSA) is 3.24 Å². The molecule has 1 nitrogen and oxygen atoms in total. The maximum Gasteiger partial charge on any atom is 0.00329 e. The molecule has 1 fully saturated rings. The summed E-state index contributed by atoms with van der Waals surface area (Å²) in [4.78, 5) is 2.69. The number of hydrogen-bond acceptors (Lipinski definition) is 1. The normalized spacial score (nSPS) is 20.8. The summed E-state index contributed by atoms with van der Waals surface area (Å²) in [6.45, 7) is 18.3. The lowest BCUT2D eigenvalue weighted by Gasteiger charge is -2.40. The molecule has 0 spiro atoms. The van der Waals surface area contributed by atoms with Crippen molar-refractivity contribution in [3.63, 3.8) is 0 Å². The van der Waals surface area contributed by atoms with E-state index in [9.17, 15) is 0 Å². The van der Waals surface area contributed by atoms with E-state index in [1.165, 1.54) is 45.3 Å². The van der Waals surface area contributed by atoms with Crippen molar-refractivity contribution in [3.8, 4) is 0 Å². The molecular weight excluding hydrogens is 206 g/mol. The van der Waals surface area contributed by atoms with Gasteiger partial charge in [-0.1, -0.05) is 48.0 Å². The van der Waals surface area contributed by atoms with Crippen LogP contribution in [0.4, 0.5) is 0 Å². The molecule has 0 N–H and O–H groups in total. The Balaban J connectivity index is 2.43. The predicted molar refractivity (Wildman–Crippen MR) is 77.3 cm³/mol. The second-order valence-corrected chi connectivity index (χ2v) is 7.82. The lowest BCUT2D eigenvalue weighted by atomic mass is 9.73. The van der Waals surface area contributed by atoms with Crippen LogP contribution in [0.15, 0.2) is 0 Å². The summed E-state index contributed by atoms with van der Waals surface area (Å²) in [7, 11) is 0. The molecule has 0 amide bonds. The van der Waals surface area contributed by atoms with Gasteiger partial charge in [-0.05, 0) is 49.1 Å². The summed E-state index contributed by atoms with van der Waals surface area (Å²) in [5.41, 5.74) is 0.951. The third-order valence-corrected chi connectivity index (χ3v) is 4.44. The molecule has 0 aromatic carbocycles. The Morgan fingerprint density at radius 3 is 2.00 bits per heavy atom. The van der Waals surface area contributed by atoms with Gasteiger partial charge in [0.1, 0.15) is 0 Å². The van der Waals surface area contributed by atoms with Gasteiger partial charge in [0, 0.05) is 6.54 Å². The summed E-state index contributed by atoms with van der Waals surface area (Å²) < 4.78 is 0. The fourth-order valence-corrected chi connectivity index (χ4v) is 3.30. The number of nitrogens with zero attached hydrogens (tertiary/aromatic N) is 1. The van der Waals surface area contributed by atoms with Gasteiger partial charge in [-0.15, -0.1) is 0 Å². The average Bonchev–Trinajstić information content (AvgIpc) is 2.20. The summed E-state index contributed by atoms with van der Waals surface area (Å²) in [5.74, 6) is 0.946. The van der Waals surface area contributed by atoms with E-state index in [0.29, 0.717) is 10.8 Å². The minimum Gasteiger partial charge on any atom is -0.303 e. The quantitative estimate of drug-likeness (QED) is 0.679. The van der Waals surface area contributed by atoms with Crippen molar-refractivity contribution < 1.29 is 0 Å². The summed E-state index contributed by atoms with van der Waals surface area (Å²) in [6, 6.07) is 0. The van der Waals surface area contributed by atoms with E-state index in [1.54, 1.807) is 0 Å². The van der Waals surface area contributed by atoms with Crippen LogP contribution in [0.3, 0.4) is 0 Å². The molecule has 0 saturated carbocycles. The van der Waals surface area contributed by atoms with Crippen LogP contribution < -0.4 is 0 Å². The van der Waals surface area contributed by atoms with Crippen molar-refractivity contribution in [2.45, 2.75) is 67.2 Å². The smallest absolute Gasteiger partial charge is 0.00329 e. The number of likely N-dealkylation sites (tertiary alicyclic amines) is 1. The third-order valence-electron chi connectivity index (χ3n) is 4.44. The van der Waals surface area contributed by atoms with E-state index in [-0.39, 0.29) is 0 Å². The number of rotatable bonds is 5. The molecule has 1 aliphatic heterocycles. The zero-order valence-corrected chi connectivity index (χ0v) is 13.0. The Labute approximate surface area is 109 Å². The van der Waals surface area contributed by atoms with E-state index in [0.717, 1.165) is 5.92 Å². The molecule has 102 valence electrons. The zero-order valence-electron chi connectivity index (χ0n) is 13.0. The minimum absolute atomic E-state index is 0.458. The number of piperidine rings is 1. The van der Waals surface area contributed by atoms with E-state index in [1.807, 2.05) is 0 Å². The number of hydrogen-bond donors (Lipinski definition) is 0. The van der Waals surface area contributed by atoms with Gasteiger partial charge < -0.3 is 4.90 Å². The van der Waals surface area contributed by atoms with E-state index < -0.39 is 0 Å². The maximum atomic E-state index is 2.69. The largest absolute Gasteiger partial charge is 0.303 e. The highest BCUT2D eigenvalue weighted by Gasteiger charge is 2.30. The molecule has 1 heteroatoms. The van der Waals surface area contributed by atoms with Crippen molar-refractivity contribution >= 4 is 0 Å². The second kappa shape index (κ2) is 5.73. The molecule has 1 aliphatic rings. The summed E-state index contributed by atoms with van der Waals surface area (Å²) >= 11 is 0. The molecule has 1 rings (SSSR count). The Bertz CT molecular complexity index is 222. The minimum atomic E-state index is 0.458. The first-order valence-corrected chi connectivity index (χ1v) is 7.46. The van der Waals surface area contributed by atoms with Gasteiger partial charge in [-0.3, -0.25) is 0 Å². The molecule has 0 aliphatic carbocycles. The highest BCUT2D eigenvalue weighted by Crippen LogP contribution is 2.37. The Morgan fingerprint density at radius 1 is 1.00 bits per heavy atom. The van der Waals surface area contributed by atoms with Crippen LogP contribution in [0.25, 0.3) is 0 Å². The molecule has 0 atom stereocenters. The van der Waals surface area contributed by atoms with Gasteiger partial charge >= 0.3 is 0 Å². The van der Waals surface area contributed by atoms with Crippen LogP contribution in [0.1, 0.15) is 67.2 Å². The lowest BCUT2D eigenvalue weighted by molar-refractivity contribution is 0.0955. The van der Waals surface area contributed by atoms with Gasteiger partial charge in [-0.25, -0.2) is 0 Å². The van der Waals surface area contributed by atoms with Crippen molar-refractivity contribution in [3.05, 3.63) is 0 Å². The van der Waals surface area contributed by atoms with Crippen LogP contribution in [0.5, 0.6) is 0 Å². The Hall–Kier alpha value is -0.0400. The first kappa shape index (κ1) is 15.0. The van der Waals surface area contributed by atoms with E-state index >= 15 is 0 Å². The Kier molecular flexibility index (Phi) is 5.07. The van der Waals surface area contributed by atoms with E-state index in [4.69, 9.17) is 0 Å². The van der Waals surface area contributed by atoms with Gasteiger partial charge in [0.25, 0.3) is 0 Å². The first-order chi connectivity index (χ1) is 7.74.